The van der Waals surface area contributed by atoms with Gasteiger partial charge in [0.25, 0.3) is 0 Å². The Bertz CT molecular complexity index is 529. The van der Waals surface area contributed by atoms with Gasteiger partial charge in [-0.25, -0.2) is 4.99 Å². The third-order valence-electron chi connectivity index (χ3n) is 2.86. The van der Waals surface area contributed by atoms with E-state index in [4.69, 9.17) is 4.99 Å². The van der Waals surface area contributed by atoms with Crippen LogP contribution in [0.4, 0.5) is 5.69 Å². The Labute approximate surface area is 128 Å². The molecule has 1 aliphatic heterocycles. The molecule has 1 aromatic rings. The van der Waals surface area contributed by atoms with Crippen LogP contribution in [0.5, 0.6) is 0 Å². The van der Waals surface area contributed by atoms with Crippen molar-refractivity contribution in [2.45, 2.75) is 24.7 Å². The van der Waals surface area contributed by atoms with Crippen molar-refractivity contribution in [3.63, 3.8) is 0 Å². The fraction of sp³-hybridized carbons (Fsp3) is 0.200. The average molecular weight is 426 g/mol. The summed E-state index contributed by atoms with van der Waals surface area (Å²) in [7, 11) is 0. The zero-order valence-electron chi connectivity index (χ0n) is 10.6. The summed E-state index contributed by atoms with van der Waals surface area (Å²) < 4.78 is 0. The number of hydrogen-bond acceptors (Lipinski definition) is 2. The van der Waals surface area contributed by atoms with Gasteiger partial charge < -0.3 is 7.43 Å². The predicted octanol–water partition coefficient (Wildman–Crippen LogP) is 4.72. The summed E-state index contributed by atoms with van der Waals surface area (Å²) >= 11 is 1.84. The monoisotopic (exact) mass is 426 g/mol. The van der Waals surface area contributed by atoms with E-state index in [-0.39, 0.29) is 28.5 Å². The second kappa shape index (κ2) is 6.54. The van der Waals surface area contributed by atoms with Gasteiger partial charge in [-0.05, 0) is 36.6 Å². The van der Waals surface area contributed by atoms with Gasteiger partial charge in [0.1, 0.15) is 0 Å². The molecule has 0 unspecified atom stereocenters. The molecule has 0 amide bonds. The van der Waals surface area contributed by atoms with Gasteiger partial charge in [-0.3, -0.25) is 0 Å². The van der Waals surface area contributed by atoms with Crippen LogP contribution in [0.3, 0.4) is 0 Å². The minimum Gasteiger partial charge on any atom is -0.358 e. The van der Waals surface area contributed by atoms with E-state index in [9.17, 15) is 0 Å². The first-order valence-electron chi connectivity index (χ1n) is 5.63. The zero-order chi connectivity index (χ0) is 11.0. The first kappa shape index (κ1) is 15.5. The fourth-order valence-electron chi connectivity index (χ4n) is 1.93. The van der Waals surface area contributed by atoms with Crippen LogP contribution in [-0.4, -0.2) is 5.71 Å². The summed E-state index contributed by atoms with van der Waals surface area (Å²) in [5, 5.41) is 0. The Morgan fingerprint density at radius 3 is 2.94 bits per heavy atom. The molecule has 0 bridgehead atoms. The van der Waals surface area contributed by atoms with Crippen LogP contribution in [0.2, 0.25) is 0 Å². The molecule has 0 saturated carbocycles. The van der Waals surface area contributed by atoms with E-state index in [1.807, 2.05) is 11.8 Å². The first-order valence-corrected chi connectivity index (χ1v) is 6.45. The number of hydrogen-bond donors (Lipinski definition) is 0. The van der Waals surface area contributed by atoms with Crippen molar-refractivity contribution in [2.24, 2.45) is 4.99 Å². The molecule has 1 aliphatic carbocycles. The molecule has 3 heteroatoms. The minimum absolute atomic E-state index is 0. The van der Waals surface area contributed by atoms with Crippen LogP contribution in [0.15, 0.2) is 51.2 Å². The number of allylic oxidation sites excluding steroid dienone is 4. The molecule has 1 nitrogen and oxygen atoms in total. The van der Waals surface area contributed by atoms with Gasteiger partial charge in [-0.1, -0.05) is 36.9 Å². The maximum absolute atomic E-state index is 4.72. The van der Waals surface area contributed by atoms with Crippen LogP contribution in [0.25, 0.3) is 0 Å². The minimum atomic E-state index is 0. The van der Waals surface area contributed by atoms with Crippen molar-refractivity contribution >= 4 is 23.2 Å². The summed E-state index contributed by atoms with van der Waals surface area (Å²) in [5.74, 6) is 0. The second-order valence-electron chi connectivity index (χ2n) is 3.96. The standard InChI is InChI=1S/C14H13NS.CH3.W/c1-2-10-7-8-14-12(9-10)15-11-5-3-4-6-13(11)16-14;;/h3,5-9H,2,4H2,1H3;1H3;/q;-1;. The summed E-state index contributed by atoms with van der Waals surface area (Å²) in [4.78, 5) is 7.30. The summed E-state index contributed by atoms with van der Waals surface area (Å²) in [6, 6.07) is 6.60. The molecule has 1 heterocycles. The zero-order valence-corrected chi connectivity index (χ0v) is 14.4. The Balaban J connectivity index is 0.000000810. The van der Waals surface area contributed by atoms with E-state index < -0.39 is 0 Å². The molecule has 0 N–H and O–H groups in total. The Morgan fingerprint density at radius 1 is 1.33 bits per heavy atom. The van der Waals surface area contributed by atoms with Gasteiger partial charge in [-0.2, -0.15) is 0 Å². The molecular weight excluding hydrogens is 410 g/mol. The topological polar surface area (TPSA) is 12.4 Å². The van der Waals surface area contributed by atoms with Crippen LogP contribution >= 0.6 is 11.8 Å². The third kappa shape index (κ3) is 2.87. The Hall–Kier alpha value is -0.592. The van der Waals surface area contributed by atoms with E-state index in [1.54, 1.807) is 0 Å². The van der Waals surface area contributed by atoms with Crippen molar-refractivity contribution in [3.05, 3.63) is 54.3 Å². The molecule has 0 fully saturated rings. The number of nitrogens with zero attached hydrogens (tertiary/aromatic N) is 1. The number of benzene rings is 1. The van der Waals surface area contributed by atoms with E-state index in [0.29, 0.717) is 0 Å². The van der Waals surface area contributed by atoms with E-state index in [2.05, 4.69) is 43.4 Å². The van der Waals surface area contributed by atoms with Crippen molar-refractivity contribution in [1.29, 1.82) is 0 Å². The van der Waals surface area contributed by atoms with E-state index in [1.165, 1.54) is 15.4 Å². The Kier molecular flexibility index (Phi) is 5.62. The molecule has 0 atom stereocenters. The molecular formula is C15H16NSW-. The molecule has 0 aromatic heterocycles. The molecule has 2 aliphatic rings. The van der Waals surface area contributed by atoms with Crippen LogP contribution in [-0.2, 0) is 27.5 Å². The van der Waals surface area contributed by atoms with Gasteiger partial charge in [-0.15, -0.1) is 0 Å². The SMILES string of the molecule is CCc1ccc2c(c1)N=C1C=CCC=C1S2.[CH3-].[W]. The average Bonchev–Trinajstić information content (AvgIpc) is 2.35. The van der Waals surface area contributed by atoms with Crippen molar-refractivity contribution in [1.82, 2.24) is 0 Å². The number of rotatable bonds is 1. The quantitative estimate of drug-likeness (QED) is 0.593. The molecule has 18 heavy (non-hydrogen) atoms. The maximum atomic E-state index is 4.72. The normalized spacial score (nSPS) is 15.4. The van der Waals surface area contributed by atoms with Crippen molar-refractivity contribution in [2.75, 3.05) is 0 Å². The molecule has 0 spiro atoms. The van der Waals surface area contributed by atoms with Crippen molar-refractivity contribution in [3.8, 4) is 0 Å². The Morgan fingerprint density at radius 2 is 2.17 bits per heavy atom. The summed E-state index contributed by atoms with van der Waals surface area (Å²) in [6.45, 7) is 2.18. The second-order valence-corrected chi connectivity index (χ2v) is 5.04. The molecule has 3 rings (SSSR count). The predicted molar refractivity (Wildman–Crippen MR) is 77.0 cm³/mol. The van der Waals surface area contributed by atoms with Crippen LogP contribution in [0, 0.1) is 7.43 Å². The summed E-state index contributed by atoms with van der Waals surface area (Å²) in [6.07, 6.45) is 8.65. The van der Waals surface area contributed by atoms with E-state index >= 15 is 0 Å². The molecule has 1 aromatic carbocycles. The molecule has 0 radical (unpaired) electrons. The van der Waals surface area contributed by atoms with Crippen molar-refractivity contribution < 1.29 is 21.1 Å². The fourth-order valence-corrected chi connectivity index (χ4v) is 2.91. The van der Waals surface area contributed by atoms with E-state index in [0.717, 1.165) is 24.2 Å². The van der Waals surface area contributed by atoms with Gasteiger partial charge in [0.15, 0.2) is 0 Å². The van der Waals surface area contributed by atoms with Gasteiger partial charge in [0.2, 0.25) is 0 Å². The number of thioether (sulfide) groups is 1. The molecule has 94 valence electrons. The summed E-state index contributed by atoms with van der Waals surface area (Å²) in [5.41, 5.74) is 3.61. The molecule has 0 saturated heterocycles. The van der Waals surface area contributed by atoms with Gasteiger partial charge in [0, 0.05) is 30.9 Å². The van der Waals surface area contributed by atoms with Gasteiger partial charge in [0.05, 0.1) is 11.4 Å². The third-order valence-corrected chi connectivity index (χ3v) is 4.02. The first-order chi connectivity index (χ1) is 7.86. The number of aliphatic imine (C=N–C) groups is 1. The largest absolute Gasteiger partial charge is 0.358 e. The van der Waals surface area contributed by atoms with Crippen LogP contribution in [0.1, 0.15) is 18.9 Å². The van der Waals surface area contributed by atoms with Gasteiger partial charge >= 0.3 is 0 Å². The number of fused-ring (bicyclic) bond motifs is 2. The van der Waals surface area contributed by atoms with Crippen LogP contribution < -0.4 is 0 Å². The smallest absolute Gasteiger partial charge is 0.0779 e. The maximum Gasteiger partial charge on any atom is 0.0779 e. The number of aryl methyl sites for hydroxylation is 1.